The molecular weight excluding hydrogens is 242 g/mol. The van der Waals surface area contributed by atoms with Crippen molar-refractivity contribution in [2.45, 2.75) is 27.0 Å². The third-order valence-corrected chi connectivity index (χ3v) is 2.96. The minimum absolute atomic E-state index is 0.0801. The number of aryl methyl sites for hydroxylation is 1. The third kappa shape index (κ3) is 3.13. The van der Waals surface area contributed by atoms with E-state index in [4.69, 9.17) is 10.5 Å². The van der Waals surface area contributed by atoms with Gasteiger partial charge in [0.1, 0.15) is 13.2 Å². The SMILES string of the molecule is Cc1nn(CC(=O)OCc2ccccc2)c(C)c1N. The monoisotopic (exact) mass is 259 g/mol. The summed E-state index contributed by atoms with van der Waals surface area (Å²) >= 11 is 0. The highest BCUT2D eigenvalue weighted by Gasteiger charge is 2.12. The Bertz CT molecular complexity index is 576. The average molecular weight is 259 g/mol. The fourth-order valence-corrected chi connectivity index (χ4v) is 1.77. The first-order valence-corrected chi connectivity index (χ1v) is 6.07. The van der Waals surface area contributed by atoms with Crippen molar-refractivity contribution in [3.63, 3.8) is 0 Å². The number of benzene rings is 1. The Kier molecular flexibility index (Phi) is 3.85. The first kappa shape index (κ1) is 13.1. The summed E-state index contributed by atoms with van der Waals surface area (Å²) < 4.78 is 6.76. The largest absolute Gasteiger partial charge is 0.459 e. The second-order valence-electron chi connectivity index (χ2n) is 4.39. The molecule has 0 aliphatic heterocycles. The van der Waals surface area contributed by atoms with Crippen LogP contribution >= 0.6 is 0 Å². The fraction of sp³-hybridized carbons (Fsp3) is 0.286. The summed E-state index contributed by atoms with van der Waals surface area (Å²) in [5, 5.41) is 4.20. The molecule has 0 atom stereocenters. The van der Waals surface area contributed by atoms with E-state index in [9.17, 15) is 4.79 Å². The Morgan fingerprint density at radius 1 is 1.32 bits per heavy atom. The van der Waals surface area contributed by atoms with Gasteiger partial charge in [0.15, 0.2) is 0 Å². The summed E-state index contributed by atoms with van der Waals surface area (Å²) in [6.07, 6.45) is 0. The predicted molar refractivity (Wildman–Crippen MR) is 72.4 cm³/mol. The summed E-state index contributed by atoms with van der Waals surface area (Å²) in [4.78, 5) is 11.7. The van der Waals surface area contributed by atoms with Crippen LogP contribution in [0.2, 0.25) is 0 Å². The molecule has 2 aromatic rings. The summed E-state index contributed by atoms with van der Waals surface area (Å²) in [6, 6.07) is 9.56. The van der Waals surface area contributed by atoms with Crippen LogP contribution in [0.15, 0.2) is 30.3 Å². The molecule has 1 heterocycles. The topological polar surface area (TPSA) is 70.1 Å². The molecule has 2 rings (SSSR count). The molecule has 1 aromatic carbocycles. The van der Waals surface area contributed by atoms with E-state index in [1.807, 2.05) is 44.2 Å². The number of hydrogen-bond donors (Lipinski definition) is 1. The van der Waals surface area contributed by atoms with Crippen molar-refractivity contribution in [1.82, 2.24) is 9.78 Å². The van der Waals surface area contributed by atoms with Crippen molar-refractivity contribution in [2.24, 2.45) is 0 Å². The van der Waals surface area contributed by atoms with Crippen molar-refractivity contribution in [3.05, 3.63) is 47.3 Å². The molecule has 5 nitrogen and oxygen atoms in total. The zero-order valence-electron chi connectivity index (χ0n) is 11.1. The van der Waals surface area contributed by atoms with E-state index in [0.717, 1.165) is 17.0 Å². The van der Waals surface area contributed by atoms with Gasteiger partial charge in [0.25, 0.3) is 0 Å². The number of carbonyl (C=O) groups excluding carboxylic acids is 1. The lowest BCUT2D eigenvalue weighted by Gasteiger charge is -2.06. The van der Waals surface area contributed by atoms with Crippen LogP contribution in [0.1, 0.15) is 17.0 Å². The van der Waals surface area contributed by atoms with Crippen molar-refractivity contribution >= 4 is 11.7 Å². The van der Waals surface area contributed by atoms with Gasteiger partial charge < -0.3 is 10.5 Å². The number of nitrogens with two attached hydrogens (primary N) is 1. The molecule has 0 aliphatic rings. The van der Waals surface area contributed by atoms with Gasteiger partial charge in [-0.25, -0.2) is 0 Å². The summed E-state index contributed by atoms with van der Waals surface area (Å²) in [6.45, 7) is 4.00. The average Bonchev–Trinajstić information content (AvgIpc) is 2.65. The van der Waals surface area contributed by atoms with Gasteiger partial charge in [-0.15, -0.1) is 0 Å². The van der Waals surface area contributed by atoms with Crippen LogP contribution in [0, 0.1) is 13.8 Å². The quantitative estimate of drug-likeness (QED) is 0.850. The maximum atomic E-state index is 11.7. The molecule has 0 aliphatic carbocycles. The number of ether oxygens (including phenoxy) is 1. The van der Waals surface area contributed by atoms with E-state index in [1.165, 1.54) is 0 Å². The van der Waals surface area contributed by atoms with Crippen LogP contribution < -0.4 is 5.73 Å². The molecular formula is C14H17N3O2. The van der Waals surface area contributed by atoms with Gasteiger partial charge >= 0.3 is 5.97 Å². The molecule has 0 fully saturated rings. The van der Waals surface area contributed by atoms with Crippen molar-refractivity contribution in [3.8, 4) is 0 Å². The molecule has 0 spiro atoms. The molecule has 2 N–H and O–H groups in total. The molecule has 0 bridgehead atoms. The Balaban J connectivity index is 1.93. The molecule has 1 aromatic heterocycles. The van der Waals surface area contributed by atoms with Crippen molar-refractivity contribution in [1.29, 1.82) is 0 Å². The lowest BCUT2D eigenvalue weighted by atomic mass is 10.2. The smallest absolute Gasteiger partial charge is 0.328 e. The van der Waals surface area contributed by atoms with Gasteiger partial charge in [-0.05, 0) is 19.4 Å². The maximum absolute atomic E-state index is 11.7. The highest BCUT2D eigenvalue weighted by Crippen LogP contribution is 2.14. The highest BCUT2D eigenvalue weighted by molar-refractivity contribution is 5.69. The Labute approximate surface area is 112 Å². The minimum atomic E-state index is -0.325. The molecule has 100 valence electrons. The van der Waals surface area contributed by atoms with E-state index < -0.39 is 0 Å². The Hall–Kier alpha value is -2.30. The molecule has 0 saturated heterocycles. The zero-order valence-corrected chi connectivity index (χ0v) is 11.1. The number of esters is 1. The zero-order chi connectivity index (χ0) is 13.8. The van der Waals surface area contributed by atoms with Crippen molar-refractivity contribution < 1.29 is 9.53 Å². The summed E-state index contributed by atoms with van der Waals surface area (Å²) in [5.41, 5.74) is 8.91. The molecule has 0 unspecified atom stereocenters. The van der Waals surface area contributed by atoms with E-state index >= 15 is 0 Å². The standard InChI is InChI=1S/C14H17N3O2/c1-10-14(15)11(2)17(16-10)8-13(18)19-9-12-6-4-3-5-7-12/h3-7H,8-9,15H2,1-2H3. The summed E-state index contributed by atoms with van der Waals surface area (Å²) in [7, 11) is 0. The van der Waals surface area contributed by atoms with E-state index in [0.29, 0.717) is 5.69 Å². The fourth-order valence-electron chi connectivity index (χ4n) is 1.77. The molecule has 0 radical (unpaired) electrons. The van der Waals surface area contributed by atoms with Crippen LogP contribution in [-0.4, -0.2) is 15.7 Å². The van der Waals surface area contributed by atoms with Gasteiger partial charge in [-0.1, -0.05) is 30.3 Å². The van der Waals surface area contributed by atoms with E-state index in [-0.39, 0.29) is 19.1 Å². The predicted octanol–water partition coefficient (Wildman–Crippen LogP) is 1.83. The lowest BCUT2D eigenvalue weighted by molar-refractivity contribution is -0.145. The van der Waals surface area contributed by atoms with Gasteiger partial charge in [0, 0.05) is 0 Å². The minimum Gasteiger partial charge on any atom is -0.459 e. The van der Waals surface area contributed by atoms with Gasteiger partial charge in [0.05, 0.1) is 17.1 Å². The molecule has 19 heavy (non-hydrogen) atoms. The maximum Gasteiger partial charge on any atom is 0.328 e. The van der Waals surface area contributed by atoms with Crippen molar-refractivity contribution in [2.75, 3.05) is 5.73 Å². The second-order valence-corrected chi connectivity index (χ2v) is 4.39. The van der Waals surface area contributed by atoms with Crippen LogP contribution in [0.4, 0.5) is 5.69 Å². The summed E-state index contributed by atoms with van der Waals surface area (Å²) in [5.74, 6) is -0.325. The molecule has 0 amide bonds. The lowest BCUT2D eigenvalue weighted by Crippen LogP contribution is -2.15. The number of nitrogens with zero attached hydrogens (tertiary/aromatic N) is 2. The first-order chi connectivity index (χ1) is 9.08. The van der Waals surface area contributed by atoms with Gasteiger partial charge in [-0.3, -0.25) is 9.48 Å². The van der Waals surface area contributed by atoms with Crippen LogP contribution in [-0.2, 0) is 22.7 Å². The Morgan fingerprint density at radius 2 is 2.00 bits per heavy atom. The molecule has 0 saturated carbocycles. The number of hydrogen-bond acceptors (Lipinski definition) is 4. The Morgan fingerprint density at radius 3 is 2.58 bits per heavy atom. The number of carbonyl (C=O) groups is 1. The van der Waals surface area contributed by atoms with Gasteiger partial charge in [-0.2, -0.15) is 5.10 Å². The van der Waals surface area contributed by atoms with Gasteiger partial charge in [0.2, 0.25) is 0 Å². The second kappa shape index (κ2) is 5.56. The van der Waals surface area contributed by atoms with Crippen LogP contribution in [0.5, 0.6) is 0 Å². The van der Waals surface area contributed by atoms with E-state index in [1.54, 1.807) is 4.68 Å². The number of nitrogen functional groups attached to an aromatic ring is 1. The van der Waals surface area contributed by atoms with Crippen LogP contribution in [0.25, 0.3) is 0 Å². The third-order valence-electron chi connectivity index (χ3n) is 2.96. The number of anilines is 1. The van der Waals surface area contributed by atoms with E-state index in [2.05, 4.69) is 5.10 Å². The number of aromatic nitrogens is 2. The normalized spacial score (nSPS) is 10.4. The number of rotatable bonds is 4. The highest BCUT2D eigenvalue weighted by atomic mass is 16.5. The first-order valence-electron chi connectivity index (χ1n) is 6.07. The van der Waals surface area contributed by atoms with Crippen LogP contribution in [0.3, 0.4) is 0 Å². The molecule has 5 heteroatoms.